The highest BCUT2D eigenvalue weighted by atomic mass is 35.5. The third-order valence-corrected chi connectivity index (χ3v) is 4.03. The van der Waals surface area contributed by atoms with Gasteiger partial charge in [-0.25, -0.2) is 0 Å². The van der Waals surface area contributed by atoms with Gasteiger partial charge in [0.05, 0.1) is 23.5 Å². The van der Waals surface area contributed by atoms with Crippen LogP contribution < -0.4 is 0 Å². The Hall–Kier alpha value is -1.37. The molecular weight excluding hydrogens is 302 g/mol. The molecule has 1 N–H and O–H groups in total. The molecule has 7 heteroatoms. The van der Waals surface area contributed by atoms with Gasteiger partial charge in [-0.3, -0.25) is 9.59 Å². The van der Waals surface area contributed by atoms with Crippen LogP contribution in [0.5, 0.6) is 0 Å². The number of carboxylic acids is 1. The summed E-state index contributed by atoms with van der Waals surface area (Å²) in [6.45, 7) is 1.15. The number of halogens is 1. The molecule has 0 aliphatic carbocycles. The summed E-state index contributed by atoms with van der Waals surface area (Å²) in [7, 11) is 0. The highest BCUT2D eigenvalue weighted by Crippen LogP contribution is 2.22. The topological polar surface area (TPSA) is 66.8 Å². The first-order chi connectivity index (χ1) is 9.54. The Morgan fingerprint density at radius 2 is 2.35 bits per heavy atom. The number of aliphatic carboxylic acids is 1. The lowest BCUT2D eigenvalue weighted by Crippen LogP contribution is -2.45. The number of hydrogen-bond donors (Lipinski definition) is 1. The van der Waals surface area contributed by atoms with Crippen LogP contribution in [-0.4, -0.2) is 47.7 Å². The Morgan fingerprint density at radius 1 is 1.55 bits per heavy atom. The molecule has 1 fully saturated rings. The van der Waals surface area contributed by atoms with Crippen molar-refractivity contribution < 1.29 is 19.4 Å². The van der Waals surface area contributed by atoms with Gasteiger partial charge in [0.25, 0.3) is 0 Å². The van der Waals surface area contributed by atoms with Gasteiger partial charge in [-0.05, 0) is 18.2 Å². The molecule has 0 spiro atoms. The van der Waals surface area contributed by atoms with Crippen molar-refractivity contribution in [2.75, 3.05) is 19.7 Å². The molecule has 0 unspecified atom stereocenters. The van der Waals surface area contributed by atoms with Crippen molar-refractivity contribution in [1.29, 1.82) is 0 Å². The zero-order valence-corrected chi connectivity index (χ0v) is 12.2. The summed E-state index contributed by atoms with van der Waals surface area (Å²) < 4.78 is 5.99. The summed E-state index contributed by atoms with van der Waals surface area (Å²) >= 11 is 7.20. The second kappa shape index (κ2) is 6.88. The number of ether oxygens (including phenoxy) is 1. The third-order valence-electron chi connectivity index (χ3n) is 2.84. The second-order valence-electron chi connectivity index (χ2n) is 4.35. The van der Waals surface area contributed by atoms with E-state index in [1.54, 1.807) is 17.0 Å². The SMILES string of the molecule is O=C(O)C[C@H]1CN(C(=O)/C=C\c2ccc(Cl)s2)CCO1. The minimum atomic E-state index is -0.923. The maximum Gasteiger partial charge on any atom is 0.306 e. The van der Waals surface area contributed by atoms with E-state index in [1.165, 1.54) is 17.4 Å². The van der Waals surface area contributed by atoms with E-state index in [9.17, 15) is 9.59 Å². The number of amides is 1. The van der Waals surface area contributed by atoms with Crippen LogP contribution in [0, 0.1) is 0 Å². The lowest BCUT2D eigenvalue weighted by molar-refractivity contribution is -0.145. The van der Waals surface area contributed by atoms with Gasteiger partial charge < -0.3 is 14.7 Å². The number of carboxylic acid groups (broad SMARTS) is 1. The molecular formula is C13H14ClNO4S. The van der Waals surface area contributed by atoms with E-state index in [-0.39, 0.29) is 12.3 Å². The van der Waals surface area contributed by atoms with E-state index >= 15 is 0 Å². The van der Waals surface area contributed by atoms with E-state index in [0.29, 0.717) is 24.0 Å². The number of rotatable bonds is 4. The molecule has 0 bridgehead atoms. The summed E-state index contributed by atoms with van der Waals surface area (Å²) in [5.74, 6) is -1.07. The van der Waals surface area contributed by atoms with Gasteiger partial charge in [0.1, 0.15) is 0 Å². The van der Waals surface area contributed by atoms with Gasteiger partial charge in [0.15, 0.2) is 0 Å². The van der Waals surface area contributed by atoms with Gasteiger partial charge in [-0.15, -0.1) is 11.3 Å². The fourth-order valence-electron chi connectivity index (χ4n) is 1.91. The van der Waals surface area contributed by atoms with Gasteiger partial charge in [-0.1, -0.05) is 11.6 Å². The van der Waals surface area contributed by atoms with Crippen LogP contribution in [0.15, 0.2) is 18.2 Å². The number of thiophene rings is 1. The van der Waals surface area contributed by atoms with Gasteiger partial charge in [0, 0.05) is 24.0 Å². The molecule has 0 aromatic carbocycles. The minimum absolute atomic E-state index is 0.0893. The van der Waals surface area contributed by atoms with Crippen LogP contribution in [0.1, 0.15) is 11.3 Å². The Balaban J connectivity index is 1.91. The molecule has 1 amide bonds. The highest BCUT2D eigenvalue weighted by Gasteiger charge is 2.24. The smallest absolute Gasteiger partial charge is 0.306 e. The van der Waals surface area contributed by atoms with Crippen molar-refractivity contribution >= 4 is 40.9 Å². The fraction of sp³-hybridized carbons (Fsp3) is 0.385. The van der Waals surface area contributed by atoms with Crippen molar-refractivity contribution in [3.8, 4) is 0 Å². The monoisotopic (exact) mass is 315 g/mol. The van der Waals surface area contributed by atoms with E-state index in [0.717, 1.165) is 4.88 Å². The summed E-state index contributed by atoms with van der Waals surface area (Å²) in [5.41, 5.74) is 0. The molecule has 1 aliphatic heterocycles. The Morgan fingerprint density at radius 3 is 3.00 bits per heavy atom. The maximum absolute atomic E-state index is 12.0. The molecule has 108 valence electrons. The van der Waals surface area contributed by atoms with Crippen LogP contribution >= 0.6 is 22.9 Å². The Labute approximate surface area is 125 Å². The van der Waals surface area contributed by atoms with E-state index in [4.69, 9.17) is 21.4 Å². The maximum atomic E-state index is 12.0. The van der Waals surface area contributed by atoms with Crippen LogP contribution in [0.2, 0.25) is 4.34 Å². The van der Waals surface area contributed by atoms with Gasteiger partial charge in [0.2, 0.25) is 5.91 Å². The zero-order chi connectivity index (χ0) is 14.5. The van der Waals surface area contributed by atoms with Crippen LogP contribution in [-0.2, 0) is 14.3 Å². The predicted octanol–water partition coefficient (Wildman–Crippen LogP) is 2.12. The van der Waals surface area contributed by atoms with Crippen molar-refractivity contribution in [3.63, 3.8) is 0 Å². The lowest BCUT2D eigenvalue weighted by Gasteiger charge is -2.31. The van der Waals surface area contributed by atoms with Crippen molar-refractivity contribution in [1.82, 2.24) is 4.90 Å². The molecule has 1 saturated heterocycles. The number of nitrogens with zero attached hydrogens (tertiary/aromatic N) is 1. The molecule has 1 aliphatic rings. The second-order valence-corrected chi connectivity index (χ2v) is 6.10. The van der Waals surface area contributed by atoms with E-state index < -0.39 is 12.1 Å². The van der Waals surface area contributed by atoms with Crippen molar-refractivity contribution in [2.45, 2.75) is 12.5 Å². The first kappa shape index (κ1) is 15.0. The first-order valence-electron chi connectivity index (χ1n) is 6.10. The standard InChI is InChI=1S/C13H14ClNO4S/c14-11-3-1-10(20-11)2-4-12(16)15-5-6-19-9(8-15)7-13(17)18/h1-4,9H,5-8H2,(H,17,18)/b4-2-/t9-/m0/s1. The van der Waals surface area contributed by atoms with Crippen molar-refractivity contribution in [3.05, 3.63) is 27.4 Å². The molecule has 1 aromatic heterocycles. The molecule has 1 atom stereocenters. The zero-order valence-electron chi connectivity index (χ0n) is 10.6. The largest absolute Gasteiger partial charge is 0.481 e. The summed E-state index contributed by atoms with van der Waals surface area (Å²) in [6, 6.07) is 3.61. The average molecular weight is 316 g/mol. The summed E-state index contributed by atoms with van der Waals surface area (Å²) in [4.78, 5) is 25.2. The number of hydrogen-bond acceptors (Lipinski definition) is 4. The molecule has 5 nitrogen and oxygen atoms in total. The fourth-order valence-corrected chi connectivity index (χ4v) is 2.88. The van der Waals surface area contributed by atoms with Crippen LogP contribution in [0.25, 0.3) is 6.08 Å². The third kappa shape index (κ3) is 4.33. The normalized spacial score (nSPS) is 19.4. The predicted molar refractivity (Wildman–Crippen MR) is 76.9 cm³/mol. The average Bonchev–Trinajstić information content (AvgIpc) is 2.81. The Kier molecular flexibility index (Phi) is 5.17. The van der Waals surface area contributed by atoms with Crippen LogP contribution in [0.4, 0.5) is 0 Å². The highest BCUT2D eigenvalue weighted by molar-refractivity contribution is 7.17. The summed E-state index contributed by atoms with van der Waals surface area (Å²) in [6.07, 6.45) is 2.66. The molecule has 20 heavy (non-hydrogen) atoms. The quantitative estimate of drug-likeness (QED) is 0.864. The minimum Gasteiger partial charge on any atom is -0.481 e. The summed E-state index contributed by atoms with van der Waals surface area (Å²) in [5, 5.41) is 8.74. The first-order valence-corrected chi connectivity index (χ1v) is 7.30. The molecule has 2 rings (SSSR count). The van der Waals surface area contributed by atoms with Crippen LogP contribution in [0.3, 0.4) is 0 Å². The Bertz CT molecular complexity index is 528. The molecule has 0 saturated carbocycles. The number of carbonyl (C=O) groups excluding carboxylic acids is 1. The molecule has 2 heterocycles. The van der Waals surface area contributed by atoms with Gasteiger partial charge in [-0.2, -0.15) is 0 Å². The van der Waals surface area contributed by atoms with E-state index in [2.05, 4.69) is 0 Å². The molecule has 1 aromatic rings. The number of carbonyl (C=O) groups is 2. The van der Waals surface area contributed by atoms with Crippen molar-refractivity contribution in [2.24, 2.45) is 0 Å². The van der Waals surface area contributed by atoms with Gasteiger partial charge >= 0.3 is 5.97 Å². The lowest BCUT2D eigenvalue weighted by atomic mass is 10.2. The molecule has 0 radical (unpaired) electrons. The number of morpholine rings is 1. The van der Waals surface area contributed by atoms with E-state index in [1.807, 2.05) is 6.07 Å².